The van der Waals surface area contributed by atoms with Crippen LogP contribution in [0.5, 0.6) is 0 Å². The molecular weight excluding hydrogens is 150 g/mol. The molecule has 0 spiro atoms. The third-order valence-corrected chi connectivity index (χ3v) is 1.99. The van der Waals surface area contributed by atoms with Gasteiger partial charge in [-0.3, -0.25) is 0 Å². The van der Waals surface area contributed by atoms with E-state index in [1.807, 2.05) is 13.0 Å². The van der Waals surface area contributed by atoms with Gasteiger partial charge in [0.25, 0.3) is 0 Å². The molecule has 0 aliphatic heterocycles. The summed E-state index contributed by atoms with van der Waals surface area (Å²) in [5.41, 5.74) is 13.4. The highest BCUT2D eigenvalue weighted by Gasteiger charge is 2.06. The zero-order valence-corrected chi connectivity index (χ0v) is 7.54. The number of hydrogen-bond donors (Lipinski definition) is 2. The van der Waals surface area contributed by atoms with Crippen LogP contribution in [0.4, 0.5) is 5.82 Å². The van der Waals surface area contributed by atoms with Gasteiger partial charge in [-0.15, -0.1) is 0 Å². The Morgan fingerprint density at radius 3 is 2.67 bits per heavy atom. The van der Waals surface area contributed by atoms with E-state index in [1.165, 1.54) is 0 Å². The molecule has 0 radical (unpaired) electrons. The second kappa shape index (κ2) is 3.54. The quantitative estimate of drug-likeness (QED) is 0.695. The Morgan fingerprint density at radius 2 is 2.17 bits per heavy atom. The van der Waals surface area contributed by atoms with E-state index < -0.39 is 0 Å². The average molecular weight is 165 g/mol. The molecule has 66 valence electrons. The molecule has 0 aromatic carbocycles. The van der Waals surface area contributed by atoms with E-state index in [0.717, 1.165) is 17.7 Å². The van der Waals surface area contributed by atoms with Crippen molar-refractivity contribution in [2.45, 2.75) is 26.3 Å². The molecular formula is C9H15N3. The van der Waals surface area contributed by atoms with Gasteiger partial charge >= 0.3 is 0 Å². The van der Waals surface area contributed by atoms with Crippen LogP contribution >= 0.6 is 0 Å². The summed E-state index contributed by atoms with van der Waals surface area (Å²) in [5.74, 6) is 0.555. The first-order valence-corrected chi connectivity index (χ1v) is 4.13. The maximum Gasteiger partial charge on any atom is 0.123 e. The molecule has 1 aromatic rings. The number of aryl methyl sites for hydroxylation is 1. The van der Waals surface area contributed by atoms with Crippen molar-refractivity contribution in [2.24, 2.45) is 5.73 Å². The van der Waals surface area contributed by atoms with Gasteiger partial charge in [-0.2, -0.15) is 0 Å². The van der Waals surface area contributed by atoms with Gasteiger partial charge in [-0.1, -0.05) is 13.0 Å². The Kier molecular flexibility index (Phi) is 2.65. The van der Waals surface area contributed by atoms with Crippen LogP contribution < -0.4 is 11.5 Å². The number of nitrogen functional groups attached to an aromatic ring is 1. The topological polar surface area (TPSA) is 64.9 Å². The minimum Gasteiger partial charge on any atom is -0.384 e. The van der Waals surface area contributed by atoms with Gasteiger partial charge in [0.05, 0.1) is 0 Å². The molecule has 1 rings (SSSR count). The predicted molar refractivity (Wildman–Crippen MR) is 50.6 cm³/mol. The molecule has 0 saturated heterocycles. The summed E-state index contributed by atoms with van der Waals surface area (Å²) in [5, 5.41) is 0. The summed E-state index contributed by atoms with van der Waals surface area (Å²) in [6.07, 6.45) is 0.923. The highest BCUT2D eigenvalue weighted by molar-refractivity contribution is 5.34. The number of aromatic nitrogens is 1. The van der Waals surface area contributed by atoms with E-state index in [2.05, 4.69) is 11.9 Å². The molecule has 1 atom stereocenters. The lowest BCUT2D eigenvalue weighted by molar-refractivity contribution is 0.689. The standard InChI is InChI=1S/C9H15N3/c1-3-8(10)7-4-5-9(11)12-6(7)2/h4-5,8H,3,10H2,1-2H3,(H2,11,12). The van der Waals surface area contributed by atoms with Crippen LogP contribution in [0.25, 0.3) is 0 Å². The third-order valence-electron chi connectivity index (χ3n) is 1.99. The monoisotopic (exact) mass is 165 g/mol. The Balaban J connectivity index is 3.01. The molecule has 1 aromatic heterocycles. The lowest BCUT2D eigenvalue weighted by Crippen LogP contribution is -2.11. The Bertz CT molecular complexity index is 270. The molecule has 12 heavy (non-hydrogen) atoms. The zero-order valence-electron chi connectivity index (χ0n) is 7.54. The first kappa shape index (κ1) is 9.00. The van der Waals surface area contributed by atoms with Gasteiger partial charge in [0, 0.05) is 11.7 Å². The van der Waals surface area contributed by atoms with Crippen molar-refractivity contribution in [1.82, 2.24) is 4.98 Å². The van der Waals surface area contributed by atoms with Gasteiger partial charge in [0.1, 0.15) is 5.82 Å². The molecule has 1 heterocycles. The van der Waals surface area contributed by atoms with Gasteiger partial charge in [0.2, 0.25) is 0 Å². The van der Waals surface area contributed by atoms with Gasteiger partial charge in [-0.05, 0) is 25.0 Å². The van der Waals surface area contributed by atoms with Crippen LogP contribution in [0, 0.1) is 6.92 Å². The fraction of sp³-hybridized carbons (Fsp3) is 0.444. The highest BCUT2D eigenvalue weighted by atomic mass is 14.8. The number of hydrogen-bond acceptors (Lipinski definition) is 3. The summed E-state index contributed by atoms with van der Waals surface area (Å²) < 4.78 is 0. The number of rotatable bonds is 2. The van der Waals surface area contributed by atoms with Crippen molar-refractivity contribution in [3.63, 3.8) is 0 Å². The molecule has 0 bridgehead atoms. The van der Waals surface area contributed by atoms with Crippen molar-refractivity contribution in [3.8, 4) is 0 Å². The minimum atomic E-state index is 0.0816. The minimum absolute atomic E-state index is 0.0816. The van der Waals surface area contributed by atoms with Crippen molar-refractivity contribution in [3.05, 3.63) is 23.4 Å². The average Bonchev–Trinajstić information content (AvgIpc) is 2.03. The van der Waals surface area contributed by atoms with Crippen LogP contribution in [-0.4, -0.2) is 4.98 Å². The Hall–Kier alpha value is -1.09. The molecule has 3 nitrogen and oxygen atoms in total. The predicted octanol–water partition coefficient (Wildman–Crippen LogP) is 1.38. The van der Waals surface area contributed by atoms with E-state index in [4.69, 9.17) is 11.5 Å². The smallest absolute Gasteiger partial charge is 0.123 e. The zero-order chi connectivity index (χ0) is 9.14. The summed E-state index contributed by atoms with van der Waals surface area (Å²) in [6, 6.07) is 3.82. The Labute approximate surface area is 72.8 Å². The fourth-order valence-electron chi connectivity index (χ4n) is 1.20. The molecule has 0 aliphatic carbocycles. The maximum absolute atomic E-state index is 5.86. The molecule has 0 aliphatic rings. The van der Waals surface area contributed by atoms with Crippen molar-refractivity contribution in [1.29, 1.82) is 0 Å². The third kappa shape index (κ3) is 1.74. The van der Waals surface area contributed by atoms with Crippen molar-refractivity contribution >= 4 is 5.82 Å². The number of nitrogens with zero attached hydrogens (tertiary/aromatic N) is 1. The molecule has 1 unspecified atom stereocenters. The van der Waals surface area contributed by atoms with Crippen LogP contribution in [0.3, 0.4) is 0 Å². The highest BCUT2D eigenvalue weighted by Crippen LogP contribution is 2.17. The maximum atomic E-state index is 5.86. The van der Waals surface area contributed by atoms with Crippen LogP contribution in [0.15, 0.2) is 12.1 Å². The van der Waals surface area contributed by atoms with E-state index >= 15 is 0 Å². The second-order valence-corrected chi connectivity index (χ2v) is 2.93. The summed E-state index contributed by atoms with van der Waals surface area (Å²) in [4.78, 5) is 4.14. The van der Waals surface area contributed by atoms with E-state index in [9.17, 15) is 0 Å². The molecule has 0 fully saturated rings. The molecule has 3 heteroatoms. The lowest BCUT2D eigenvalue weighted by atomic mass is 10.0. The van der Waals surface area contributed by atoms with Crippen LogP contribution in [0.2, 0.25) is 0 Å². The first-order valence-electron chi connectivity index (χ1n) is 4.13. The molecule has 0 amide bonds. The van der Waals surface area contributed by atoms with Gasteiger partial charge in [-0.25, -0.2) is 4.98 Å². The van der Waals surface area contributed by atoms with Crippen LogP contribution in [0.1, 0.15) is 30.6 Å². The number of pyridine rings is 1. The van der Waals surface area contributed by atoms with E-state index in [0.29, 0.717) is 5.82 Å². The van der Waals surface area contributed by atoms with Gasteiger partial charge < -0.3 is 11.5 Å². The van der Waals surface area contributed by atoms with E-state index in [1.54, 1.807) is 6.07 Å². The summed E-state index contributed by atoms with van der Waals surface area (Å²) in [7, 11) is 0. The number of anilines is 1. The second-order valence-electron chi connectivity index (χ2n) is 2.93. The summed E-state index contributed by atoms with van der Waals surface area (Å²) >= 11 is 0. The van der Waals surface area contributed by atoms with Gasteiger partial charge in [0.15, 0.2) is 0 Å². The number of nitrogens with two attached hydrogens (primary N) is 2. The largest absolute Gasteiger partial charge is 0.384 e. The SMILES string of the molecule is CCC(N)c1ccc(N)nc1C. The summed E-state index contributed by atoms with van der Waals surface area (Å²) in [6.45, 7) is 3.99. The molecule has 4 N–H and O–H groups in total. The molecule has 0 saturated carbocycles. The normalized spacial score (nSPS) is 12.9. The van der Waals surface area contributed by atoms with Crippen LogP contribution in [-0.2, 0) is 0 Å². The van der Waals surface area contributed by atoms with Crippen molar-refractivity contribution < 1.29 is 0 Å². The van der Waals surface area contributed by atoms with Crippen molar-refractivity contribution in [2.75, 3.05) is 5.73 Å². The fourth-order valence-corrected chi connectivity index (χ4v) is 1.20. The lowest BCUT2D eigenvalue weighted by Gasteiger charge is -2.11. The first-order chi connectivity index (χ1) is 5.65. The van der Waals surface area contributed by atoms with E-state index in [-0.39, 0.29) is 6.04 Å². The Morgan fingerprint density at radius 1 is 1.50 bits per heavy atom.